The zero-order valence-corrected chi connectivity index (χ0v) is 11.1. The van der Waals surface area contributed by atoms with Crippen LogP contribution in [0.5, 0.6) is 0 Å². The van der Waals surface area contributed by atoms with Crippen LogP contribution in [0.1, 0.15) is 6.92 Å². The molecule has 2 rings (SSSR count). The summed E-state index contributed by atoms with van der Waals surface area (Å²) in [6.07, 6.45) is 0. The van der Waals surface area contributed by atoms with E-state index < -0.39 is 10.0 Å². The lowest BCUT2D eigenvalue weighted by Gasteiger charge is -1.99. The van der Waals surface area contributed by atoms with Gasteiger partial charge in [-0.05, 0) is 19.1 Å². The Morgan fingerprint density at radius 1 is 1.33 bits per heavy atom. The van der Waals surface area contributed by atoms with Gasteiger partial charge in [-0.25, -0.2) is 8.42 Å². The van der Waals surface area contributed by atoms with E-state index in [1.54, 1.807) is 31.2 Å². The van der Waals surface area contributed by atoms with Gasteiger partial charge in [-0.2, -0.15) is 0 Å². The first kappa shape index (κ1) is 12.9. The topological polar surface area (TPSA) is 72.2 Å². The van der Waals surface area contributed by atoms with Gasteiger partial charge < -0.3 is 4.52 Å². The quantitative estimate of drug-likeness (QED) is 0.938. The van der Waals surface area contributed by atoms with E-state index in [1.807, 2.05) is 0 Å². The second kappa shape index (κ2) is 4.99. The van der Waals surface area contributed by atoms with E-state index in [-0.39, 0.29) is 11.6 Å². The van der Waals surface area contributed by atoms with Crippen LogP contribution >= 0.6 is 11.6 Å². The highest BCUT2D eigenvalue weighted by atomic mass is 35.5. The molecule has 0 aliphatic carbocycles. The maximum atomic E-state index is 11.3. The Hall–Kier alpha value is -1.53. The van der Waals surface area contributed by atoms with E-state index in [0.29, 0.717) is 10.7 Å². The van der Waals surface area contributed by atoms with Crippen LogP contribution in [0.15, 0.2) is 34.9 Å². The van der Waals surface area contributed by atoms with Crippen molar-refractivity contribution < 1.29 is 12.9 Å². The average molecular weight is 287 g/mol. The Balaban J connectivity index is 2.23. The number of benzene rings is 1. The molecular formula is C11H11ClN2O3S. The minimum absolute atomic E-state index is 0.0238. The van der Waals surface area contributed by atoms with E-state index in [2.05, 4.69) is 9.88 Å². The summed E-state index contributed by atoms with van der Waals surface area (Å²) in [6, 6.07) is 8.52. The smallest absolute Gasteiger partial charge is 0.238 e. The first-order chi connectivity index (χ1) is 8.50. The second-order valence-electron chi connectivity index (χ2n) is 3.59. The van der Waals surface area contributed by atoms with Gasteiger partial charge in [-0.3, -0.25) is 4.72 Å². The highest BCUT2D eigenvalue weighted by molar-refractivity contribution is 7.92. The van der Waals surface area contributed by atoms with Crippen LogP contribution in [0.2, 0.25) is 5.02 Å². The summed E-state index contributed by atoms with van der Waals surface area (Å²) in [5.41, 5.74) is 1.34. The largest absolute Gasteiger partial charge is 0.337 e. The van der Waals surface area contributed by atoms with Crippen LogP contribution in [0.3, 0.4) is 0 Å². The summed E-state index contributed by atoms with van der Waals surface area (Å²) in [4.78, 5) is 0. The molecule has 2 aromatic rings. The molecule has 0 aliphatic rings. The molecule has 0 fully saturated rings. The summed E-state index contributed by atoms with van der Waals surface area (Å²) in [7, 11) is -3.35. The monoisotopic (exact) mass is 286 g/mol. The third-order valence-electron chi connectivity index (χ3n) is 2.29. The van der Waals surface area contributed by atoms with Gasteiger partial charge in [0, 0.05) is 16.7 Å². The maximum absolute atomic E-state index is 11.3. The third-order valence-corrected chi connectivity index (χ3v) is 3.81. The standard InChI is InChI=1S/C11H11ClN2O3S/c1-2-18(15,16)14-11-7-10(13-17-11)8-3-5-9(12)6-4-8/h3-7,14H,2H2,1H3. The summed E-state index contributed by atoms with van der Waals surface area (Å²) < 4.78 is 29.9. The summed E-state index contributed by atoms with van der Waals surface area (Å²) in [5.74, 6) is 0.0751. The van der Waals surface area contributed by atoms with Crippen molar-refractivity contribution in [2.45, 2.75) is 6.92 Å². The molecule has 5 nitrogen and oxygen atoms in total. The Morgan fingerprint density at radius 3 is 2.61 bits per heavy atom. The molecule has 1 N–H and O–H groups in total. The average Bonchev–Trinajstić information content (AvgIpc) is 2.78. The molecule has 0 radical (unpaired) electrons. The number of nitrogens with one attached hydrogen (secondary N) is 1. The fraction of sp³-hybridized carbons (Fsp3) is 0.182. The molecular weight excluding hydrogens is 276 g/mol. The van der Waals surface area contributed by atoms with E-state index in [4.69, 9.17) is 16.1 Å². The molecule has 0 amide bonds. The lowest BCUT2D eigenvalue weighted by Crippen LogP contribution is -2.13. The fourth-order valence-electron chi connectivity index (χ4n) is 1.31. The van der Waals surface area contributed by atoms with Crippen LogP contribution in [0.25, 0.3) is 11.3 Å². The Morgan fingerprint density at radius 2 is 2.00 bits per heavy atom. The van der Waals surface area contributed by atoms with Gasteiger partial charge in [0.05, 0.1) is 5.75 Å². The number of aromatic nitrogens is 1. The zero-order valence-electron chi connectivity index (χ0n) is 9.55. The van der Waals surface area contributed by atoms with Gasteiger partial charge in [-0.15, -0.1) is 0 Å². The maximum Gasteiger partial charge on any atom is 0.238 e. The highest BCUT2D eigenvalue weighted by Gasteiger charge is 2.12. The molecule has 1 heterocycles. The molecule has 18 heavy (non-hydrogen) atoms. The van der Waals surface area contributed by atoms with E-state index in [1.165, 1.54) is 6.07 Å². The van der Waals surface area contributed by atoms with Gasteiger partial charge in [0.2, 0.25) is 15.9 Å². The van der Waals surface area contributed by atoms with E-state index >= 15 is 0 Å². The van der Waals surface area contributed by atoms with Gasteiger partial charge in [0.25, 0.3) is 0 Å². The Labute approximate surface area is 110 Å². The number of nitrogens with zero attached hydrogens (tertiary/aromatic N) is 1. The van der Waals surface area contributed by atoms with Crippen molar-refractivity contribution in [1.29, 1.82) is 0 Å². The van der Waals surface area contributed by atoms with Crippen LogP contribution in [0.4, 0.5) is 5.88 Å². The van der Waals surface area contributed by atoms with Crippen molar-refractivity contribution in [3.63, 3.8) is 0 Å². The number of rotatable bonds is 4. The molecule has 7 heteroatoms. The number of halogens is 1. The highest BCUT2D eigenvalue weighted by Crippen LogP contribution is 2.23. The van der Waals surface area contributed by atoms with Gasteiger partial charge >= 0.3 is 0 Å². The molecule has 1 aromatic carbocycles. The summed E-state index contributed by atoms with van der Waals surface area (Å²) in [6.45, 7) is 1.54. The van der Waals surface area contributed by atoms with Crippen LogP contribution in [-0.4, -0.2) is 19.3 Å². The predicted molar refractivity (Wildman–Crippen MR) is 70.0 cm³/mol. The lowest BCUT2D eigenvalue weighted by molar-refractivity contribution is 0.438. The number of sulfonamides is 1. The first-order valence-corrected chi connectivity index (χ1v) is 7.26. The molecule has 0 saturated carbocycles. The summed E-state index contributed by atoms with van der Waals surface area (Å²) >= 11 is 5.77. The third kappa shape index (κ3) is 3.02. The first-order valence-electron chi connectivity index (χ1n) is 5.23. The number of hydrogen-bond donors (Lipinski definition) is 1. The molecule has 1 aromatic heterocycles. The van der Waals surface area contributed by atoms with Crippen molar-refractivity contribution in [3.8, 4) is 11.3 Å². The van der Waals surface area contributed by atoms with Crippen LogP contribution in [-0.2, 0) is 10.0 Å². The summed E-state index contributed by atoms with van der Waals surface area (Å²) in [5, 5.41) is 4.41. The van der Waals surface area contributed by atoms with Gasteiger partial charge in [0.15, 0.2) is 0 Å². The Bertz CT molecular complexity index is 635. The minimum atomic E-state index is -3.35. The SMILES string of the molecule is CCS(=O)(=O)Nc1cc(-c2ccc(Cl)cc2)no1. The number of anilines is 1. The van der Waals surface area contributed by atoms with Crippen LogP contribution < -0.4 is 4.72 Å². The molecule has 0 aliphatic heterocycles. The molecule has 0 saturated heterocycles. The normalized spacial score (nSPS) is 11.4. The molecule has 96 valence electrons. The minimum Gasteiger partial charge on any atom is -0.337 e. The van der Waals surface area contributed by atoms with Crippen LogP contribution in [0, 0.1) is 0 Å². The predicted octanol–water partition coefficient (Wildman–Crippen LogP) is 2.76. The second-order valence-corrected chi connectivity index (χ2v) is 6.04. The Kier molecular flexibility index (Phi) is 3.58. The lowest BCUT2D eigenvalue weighted by atomic mass is 10.1. The zero-order chi connectivity index (χ0) is 13.2. The van der Waals surface area contributed by atoms with E-state index in [0.717, 1.165) is 5.56 Å². The van der Waals surface area contributed by atoms with Gasteiger partial charge in [-0.1, -0.05) is 28.9 Å². The molecule has 0 spiro atoms. The molecule has 0 atom stereocenters. The molecule has 0 unspecified atom stereocenters. The van der Waals surface area contributed by atoms with Crippen molar-refractivity contribution in [2.75, 3.05) is 10.5 Å². The van der Waals surface area contributed by atoms with E-state index in [9.17, 15) is 8.42 Å². The van der Waals surface area contributed by atoms with Crippen molar-refractivity contribution in [2.24, 2.45) is 0 Å². The number of hydrogen-bond acceptors (Lipinski definition) is 4. The van der Waals surface area contributed by atoms with Crippen molar-refractivity contribution in [1.82, 2.24) is 5.16 Å². The van der Waals surface area contributed by atoms with Gasteiger partial charge in [0.1, 0.15) is 5.69 Å². The molecule has 0 bridgehead atoms. The fourth-order valence-corrected chi connectivity index (χ4v) is 1.98. The van der Waals surface area contributed by atoms with Crippen molar-refractivity contribution in [3.05, 3.63) is 35.4 Å². The van der Waals surface area contributed by atoms with Crippen molar-refractivity contribution >= 4 is 27.5 Å².